The van der Waals surface area contributed by atoms with Crippen LogP contribution in [0.3, 0.4) is 0 Å². The summed E-state index contributed by atoms with van der Waals surface area (Å²) in [5.41, 5.74) is 1.20. The molecule has 0 bridgehead atoms. The molecule has 0 aliphatic heterocycles. The first-order chi connectivity index (χ1) is 9.11. The van der Waals surface area contributed by atoms with Crippen LogP contribution in [0.25, 0.3) is 10.9 Å². The molecule has 0 aliphatic carbocycles. The normalized spacial score (nSPS) is 14.1. The molecule has 2 atom stereocenters. The van der Waals surface area contributed by atoms with Crippen molar-refractivity contribution in [1.29, 1.82) is 0 Å². The lowest BCUT2D eigenvalue weighted by atomic mass is 10.1. The molecular weight excluding hydrogens is 240 g/mol. The lowest BCUT2D eigenvalue weighted by molar-refractivity contribution is 0.0911. The van der Waals surface area contributed by atoms with Gasteiger partial charge >= 0.3 is 0 Å². The molecule has 1 amide bonds. The number of carbonyl (C=O) groups excluding carboxylic acids is 1. The van der Waals surface area contributed by atoms with E-state index in [1.807, 2.05) is 44.2 Å². The van der Waals surface area contributed by atoms with Crippen molar-refractivity contribution in [2.24, 2.45) is 5.92 Å². The molecule has 2 rings (SSSR count). The largest absolute Gasteiger partial charge is 0.396 e. The molecule has 0 aliphatic rings. The first kappa shape index (κ1) is 13.5. The number of amides is 1. The second-order valence-corrected chi connectivity index (χ2v) is 4.81. The highest BCUT2D eigenvalue weighted by molar-refractivity contribution is 5.95. The number of aromatic nitrogens is 1. The van der Waals surface area contributed by atoms with Gasteiger partial charge in [-0.3, -0.25) is 4.79 Å². The van der Waals surface area contributed by atoms with Gasteiger partial charge in [0, 0.05) is 18.0 Å². The number of pyridine rings is 1. The van der Waals surface area contributed by atoms with E-state index in [9.17, 15) is 4.79 Å². The molecule has 0 spiro atoms. The van der Waals surface area contributed by atoms with E-state index in [4.69, 9.17) is 5.11 Å². The van der Waals surface area contributed by atoms with Crippen molar-refractivity contribution in [1.82, 2.24) is 10.3 Å². The van der Waals surface area contributed by atoms with Crippen molar-refractivity contribution in [2.45, 2.75) is 19.9 Å². The minimum atomic E-state index is -0.210. The number of nitrogens with one attached hydrogen (secondary N) is 1. The number of para-hydroxylation sites is 1. The summed E-state index contributed by atoms with van der Waals surface area (Å²) in [6.07, 6.45) is 0. The minimum absolute atomic E-state index is 0.0180. The Kier molecular flexibility index (Phi) is 4.12. The van der Waals surface area contributed by atoms with Crippen molar-refractivity contribution < 1.29 is 9.90 Å². The molecule has 4 nitrogen and oxygen atoms in total. The van der Waals surface area contributed by atoms with Crippen LogP contribution in [0, 0.1) is 5.92 Å². The Morgan fingerprint density at radius 1 is 1.26 bits per heavy atom. The third-order valence-electron chi connectivity index (χ3n) is 3.33. The molecule has 0 saturated carbocycles. The van der Waals surface area contributed by atoms with Gasteiger partial charge < -0.3 is 10.4 Å². The molecule has 4 heteroatoms. The standard InChI is InChI=1S/C15H18N2O2/c1-10(9-18)11(2)16-15(19)14-8-7-12-5-3-4-6-13(12)17-14/h3-8,10-11,18H,9H2,1-2H3,(H,16,19). The number of hydrogen-bond acceptors (Lipinski definition) is 3. The fourth-order valence-electron chi connectivity index (χ4n) is 1.77. The Hall–Kier alpha value is -1.94. The third kappa shape index (κ3) is 3.09. The zero-order valence-electron chi connectivity index (χ0n) is 11.1. The van der Waals surface area contributed by atoms with E-state index in [0.29, 0.717) is 5.69 Å². The lowest BCUT2D eigenvalue weighted by Crippen LogP contribution is -2.38. The van der Waals surface area contributed by atoms with Crippen LogP contribution in [0.2, 0.25) is 0 Å². The van der Waals surface area contributed by atoms with E-state index in [1.165, 1.54) is 0 Å². The number of nitrogens with zero attached hydrogens (tertiary/aromatic N) is 1. The molecule has 1 heterocycles. The summed E-state index contributed by atoms with van der Waals surface area (Å²) in [5.74, 6) is -0.192. The van der Waals surface area contributed by atoms with E-state index in [1.54, 1.807) is 6.07 Å². The van der Waals surface area contributed by atoms with Crippen LogP contribution < -0.4 is 5.32 Å². The van der Waals surface area contributed by atoms with Gasteiger partial charge in [0.05, 0.1) is 5.52 Å². The number of aliphatic hydroxyl groups is 1. The van der Waals surface area contributed by atoms with Crippen molar-refractivity contribution in [2.75, 3.05) is 6.61 Å². The Bertz CT molecular complexity index is 583. The Balaban J connectivity index is 2.17. The monoisotopic (exact) mass is 258 g/mol. The molecule has 0 fully saturated rings. The molecule has 2 aromatic rings. The molecule has 100 valence electrons. The average Bonchev–Trinajstić information content (AvgIpc) is 2.45. The van der Waals surface area contributed by atoms with Gasteiger partial charge in [0.1, 0.15) is 5.69 Å². The van der Waals surface area contributed by atoms with Crippen LogP contribution in [0.5, 0.6) is 0 Å². The number of carbonyl (C=O) groups is 1. The summed E-state index contributed by atoms with van der Waals surface area (Å²) < 4.78 is 0. The number of hydrogen-bond donors (Lipinski definition) is 2. The molecule has 2 unspecified atom stereocenters. The highest BCUT2D eigenvalue weighted by Gasteiger charge is 2.16. The molecule has 0 radical (unpaired) electrons. The zero-order valence-corrected chi connectivity index (χ0v) is 11.1. The number of benzene rings is 1. The predicted octanol–water partition coefficient (Wildman–Crippen LogP) is 1.98. The van der Waals surface area contributed by atoms with Crippen LogP contribution >= 0.6 is 0 Å². The second kappa shape index (κ2) is 5.80. The zero-order chi connectivity index (χ0) is 13.8. The second-order valence-electron chi connectivity index (χ2n) is 4.81. The van der Waals surface area contributed by atoms with Crippen LogP contribution in [0.15, 0.2) is 36.4 Å². The van der Waals surface area contributed by atoms with Gasteiger partial charge in [0.15, 0.2) is 0 Å². The van der Waals surface area contributed by atoms with E-state index >= 15 is 0 Å². The van der Waals surface area contributed by atoms with Gasteiger partial charge in [-0.15, -0.1) is 0 Å². The van der Waals surface area contributed by atoms with Crippen LogP contribution in [0.4, 0.5) is 0 Å². The first-order valence-corrected chi connectivity index (χ1v) is 6.39. The summed E-state index contributed by atoms with van der Waals surface area (Å²) in [6.45, 7) is 3.81. The van der Waals surface area contributed by atoms with E-state index in [2.05, 4.69) is 10.3 Å². The number of fused-ring (bicyclic) bond motifs is 1. The fraction of sp³-hybridized carbons (Fsp3) is 0.333. The highest BCUT2D eigenvalue weighted by atomic mass is 16.3. The average molecular weight is 258 g/mol. The summed E-state index contributed by atoms with van der Waals surface area (Å²) in [7, 11) is 0. The van der Waals surface area contributed by atoms with Crippen molar-refractivity contribution in [3.05, 3.63) is 42.1 Å². The van der Waals surface area contributed by atoms with Gasteiger partial charge in [-0.1, -0.05) is 31.2 Å². The fourth-order valence-corrected chi connectivity index (χ4v) is 1.77. The summed E-state index contributed by atoms with van der Waals surface area (Å²) in [4.78, 5) is 16.4. The first-order valence-electron chi connectivity index (χ1n) is 6.39. The number of rotatable bonds is 4. The number of aliphatic hydroxyl groups excluding tert-OH is 1. The molecule has 2 N–H and O–H groups in total. The SMILES string of the molecule is CC(CO)C(C)NC(=O)c1ccc2ccccc2n1. The van der Waals surface area contributed by atoms with Crippen molar-refractivity contribution in [3.63, 3.8) is 0 Å². The maximum Gasteiger partial charge on any atom is 0.270 e. The maximum absolute atomic E-state index is 12.1. The summed E-state index contributed by atoms with van der Waals surface area (Å²) in [5, 5.41) is 12.9. The van der Waals surface area contributed by atoms with E-state index in [-0.39, 0.29) is 24.5 Å². The predicted molar refractivity (Wildman–Crippen MR) is 74.9 cm³/mol. The lowest BCUT2D eigenvalue weighted by Gasteiger charge is -2.18. The van der Waals surface area contributed by atoms with Crippen molar-refractivity contribution in [3.8, 4) is 0 Å². The maximum atomic E-state index is 12.1. The molecule has 0 saturated heterocycles. The highest BCUT2D eigenvalue weighted by Crippen LogP contribution is 2.12. The topological polar surface area (TPSA) is 62.2 Å². The van der Waals surface area contributed by atoms with Gasteiger partial charge in [0.25, 0.3) is 5.91 Å². The van der Waals surface area contributed by atoms with Crippen LogP contribution in [0.1, 0.15) is 24.3 Å². The third-order valence-corrected chi connectivity index (χ3v) is 3.33. The smallest absolute Gasteiger partial charge is 0.270 e. The van der Waals surface area contributed by atoms with Gasteiger partial charge in [0.2, 0.25) is 0 Å². The van der Waals surface area contributed by atoms with Gasteiger partial charge in [-0.25, -0.2) is 4.98 Å². The summed E-state index contributed by atoms with van der Waals surface area (Å²) in [6, 6.07) is 11.2. The van der Waals surface area contributed by atoms with E-state index < -0.39 is 0 Å². The molecular formula is C15H18N2O2. The van der Waals surface area contributed by atoms with Crippen LogP contribution in [-0.2, 0) is 0 Å². The quantitative estimate of drug-likeness (QED) is 0.881. The molecule has 1 aromatic heterocycles. The van der Waals surface area contributed by atoms with Crippen LogP contribution in [-0.4, -0.2) is 28.6 Å². The van der Waals surface area contributed by atoms with Gasteiger partial charge in [-0.05, 0) is 25.0 Å². The Morgan fingerprint density at radius 2 is 2.00 bits per heavy atom. The summed E-state index contributed by atoms with van der Waals surface area (Å²) >= 11 is 0. The van der Waals surface area contributed by atoms with Crippen molar-refractivity contribution >= 4 is 16.8 Å². The molecule has 19 heavy (non-hydrogen) atoms. The Labute approximate surface area is 112 Å². The Morgan fingerprint density at radius 3 is 2.74 bits per heavy atom. The van der Waals surface area contributed by atoms with Gasteiger partial charge in [-0.2, -0.15) is 0 Å². The minimum Gasteiger partial charge on any atom is -0.396 e. The molecule has 1 aromatic carbocycles. The van der Waals surface area contributed by atoms with E-state index in [0.717, 1.165) is 10.9 Å².